The van der Waals surface area contributed by atoms with E-state index in [1.807, 2.05) is 0 Å². The molecule has 2 unspecified atom stereocenters. The van der Waals surface area contributed by atoms with Crippen LogP contribution in [-0.2, 0) is 4.74 Å². The van der Waals surface area contributed by atoms with Gasteiger partial charge in [-0.3, -0.25) is 4.90 Å². The Labute approximate surface area is 106 Å². The van der Waals surface area contributed by atoms with Gasteiger partial charge >= 0.3 is 0 Å². The molecule has 0 aromatic carbocycles. The van der Waals surface area contributed by atoms with Gasteiger partial charge in [0, 0.05) is 38.3 Å². The molecule has 100 valence electrons. The summed E-state index contributed by atoms with van der Waals surface area (Å²) in [5.74, 6) is 0.964. The maximum absolute atomic E-state index is 5.70. The first-order valence-electron chi connectivity index (χ1n) is 7.36. The third kappa shape index (κ3) is 4.23. The standard InChI is InChI=1S/C14H28N2O/c1-3-4-8-17-9-7-16-11-12(2)15-10-14(16)13-5-6-13/h12-15H,3-11H2,1-2H3. The van der Waals surface area contributed by atoms with Crippen molar-refractivity contribution in [3.8, 4) is 0 Å². The molecule has 2 rings (SSSR count). The van der Waals surface area contributed by atoms with Crippen LogP contribution in [0.4, 0.5) is 0 Å². The van der Waals surface area contributed by atoms with Crippen molar-refractivity contribution in [2.24, 2.45) is 5.92 Å². The average molecular weight is 240 g/mol. The first-order valence-corrected chi connectivity index (χ1v) is 7.36. The molecule has 2 aliphatic rings. The summed E-state index contributed by atoms with van der Waals surface area (Å²) in [6.45, 7) is 9.84. The molecule has 1 aliphatic carbocycles. The van der Waals surface area contributed by atoms with Gasteiger partial charge in [0.05, 0.1) is 6.61 Å². The molecule has 0 spiro atoms. The van der Waals surface area contributed by atoms with Crippen molar-refractivity contribution in [1.82, 2.24) is 10.2 Å². The predicted molar refractivity (Wildman–Crippen MR) is 71.3 cm³/mol. The Morgan fingerprint density at radius 2 is 2.12 bits per heavy atom. The molecule has 1 saturated heterocycles. The number of nitrogens with zero attached hydrogens (tertiary/aromatic N) is 1. The Balaban J connectivity index is 1.67. The monoisotopic (exact) mass is 240 g/mol. The predicted octanol–water partition coefficient (Wildman–Crippen LogP) is 1.88. The van der Waals surface area contributed by atoms with E-state index in [-0.39, 0.29) is 0 Å². The Morgan fingerprint density at radius 1 is 1.29 bits per heavy atom. The fraction of sp³-hybridized carbons (Fsp3) is 1.00. The first kappa shape index (κ1) is 13.3. The number of piperazine rings is 1. The lowest BCUT2D eigenvalue weighted by Gasteiger charge is -2.39. The van der Waals surface area contributed by atoms with E-state index in [2.05, 4.69) is 24.1 Å². The van der Waals surface area contributed by atoms with Crippen molar-refractivity contribution >= 4 is 0 Å². The maximum Gasteiger partial charge on any atom is 0.0593 e. The molecule has 1 aliphatic heterocycles. The maximum atomic E-state index is 5.70. The van der Waals surface area contributed by atoms with E-state index < -0.39 is 0 Å². The minimum atomic E-state index is 0.639. The Hall–Kier alpha value is -0.120. The highest BCUT2D eigenvalue weighted by atomic mass is 16.5. The normalized spacial score (nSPS) is 30.7. The van der Waals surface area contributed by atoms with Crippen LogP contribution in [0.2, 0.25) is 0 Å². The molecule has 17 heavy (non-hydrogen) atoms. The smallest absolute Gasteiger partial charge is 0.0593 e. The lowest BCUT2D eigenvalue weighted by molar-refractivity contribution is 0.0597. The highest BCUT2D eigenvalue weighted by Crippen LogP contribution is 2.36. The Bertz CT molecular complexity index is 218. The zero-order valence-corrected chi connectivity index (χ0v) is 11.5. The number of unbranched alkanes of at least 4 members (excludes halogenated alkanes) is 1. The minimum absolute atomic E-state index is 0.639. The van der Waals surface area contributed by atoms with Gasteiger partial charge in [-0.25, -0.2) is 0 Å². The molecule has 2 fully saturated rings. The molecule has 1 heterocycles. The van der Waals surface area contributed by atoms with Crippen LogP contribution in [0.15, 0.2) is 0 Å². The second-order valence-corrected chi connectivity index (χ2v) is 5.67. The van der Waals surface area contributed by atoms with E-state index >= 15 is 0 Å². The minimum Gasteiger partial charge on any atom is -0.380 e. The van der Waals surface area contributed by atoms with E-state index in [0.717, 1.165) is 31.7 Å². The largest absolute Gasteiger partial charge is 0.380 e. The highest BCUT2D eigenvalue weighted by Gasteiger charge is 2.37. The van der Waals surface area contributed by atoms with Gasteiger partial charge in [-0.1, -0.05) is 13.3 Å². The van der Waals surface area contributed by atoms with E-state index in [4.69, 9.17) is 4.74 Å². The second-order valence-electron chi connectivity index (χ2n) is 5.67. The molecule has 0 aromatic heterocycles. The van der Waals surface area contributed by atoms with Gasteiger partial charge < -0.3 is 10.1 Å². The van der Waals surface area contributed by atoms with E-state index in [0.29, 0.717) is 6.04 Å². The van der Waals surface area contributed by atoms with Crippen molar-refractivity contribution in [3.63, 3.8) is 0 Å². The van der Waals surface area contributed by atoms with Crippen LogP contribution in [0.25, 0.3) is 0 Å². The molecule has 0 radical (unpaired) electrons. The van der Waals surface area contributed by atoms with Gasteiger partial charge in [-0.05, 0) is 32.1 Å². The molecule has 1 saturated carbocycles. The summed E-state index contributed by atoms with van der Waals surface area (Å²) in [4.78, 5) is 2.66. The molecule has 3 nitrogen and oxygen atoms in total. The van der Waals surface area contributed by atoms with Crippen LogP contribution in [0.5, 0.6) is 0 Å². The molecular weight excluding hydrogens is 212 g/mol. The highest BCUT2D eigenvalue weighted by molar-refractivity contribution is 4.94. The Kier molecular flexibility index (Phi) is 5.26. The number of rotatable bonds is 7. The summed E-state index contributed by atoms with van der Waals surface area (Å²) in [7, 11) is 0. The molecule has 0 aromatic rings. The van der Waals surface area contributed by atoms with Gasteiger partial charge in [0.15, 0.2) is 0 Å². The van der Waals surface area contributed by atoms with Crippen molar-refractivity contribution in [2.75, 3.05) is 32.8 Å². The molecule has 0 amide bonds. The fourth-order valence-electron chi connectivity index (χ4n) is 2.74. The average Bonchev–Trinajstić information content (AvgIpc) is 3.13. The van der Waals surface area contributed by atoms with Crippen molar-refractivity contribution in [2.45, 2.75) is 51.6 Å². The third-order valence-electron chi connectivity index (χ3n) is 3.98. The van der Waals surface area contributed by atoms with Crippen molar-refractivity contribution in [1.29, 1.82) is 0 Å². The summed E-state index contributed by atoms with van der Waals surface area (Å²) < 4.78 is 5.70. The van der Waals surface area contributed by atoms with Crippen LogP contribution >= 0.6 is 0 Å². The lowest BCUT2D eigenvalue weighted by Crippen LogP contribution is -2.57. The van der Waals surface area contributed by atoms with Crippen LogP contribution in [0.3, 0.4) is 0 Å². The van der Waals surface area contributed by atoms with Crippen LogP contribution in [0, 0.1) is 5.92 Å². The lowest BCUT2D eigenvalue weighted by atomic mass is 10.1. The summed E-state index contributed by atoms with van der Waals surface area (Å²) in [5.41, 5.74) is 0. The van der Waals surface area contributed by atoms with Gasteiger partial charge in [-0.15, -0.1) is 0 Å². The fourth-order valence-corrected chi connectivity index (χ4v) is 2.74. The van der Waals surface area contributed by atoms with Crippen LogP contribution < -0.4 is 5.32 Å². The van der Waals surface area contributed by atoms with E-state index in [1.165, 1.54) is 38.8 Å². The molecule has 0 bridgehead atoms. The van der Waals surface area contributed by atoms with Crippen LogP contribution in [-0.4, -0.2) is 49.8 Å². The second kappa shape index (κ2) is 6.72. The van der Waals surface area contributed by atoms with Gasteiger partial charge in [0.25, 0.3) is 0 Å². The summed E-state index contributed by atoms with van der Waals surface area (Å²) in [6.07, 6.45) is 5.31. The zero-order chi connectivity index (χ0) is 12.1. The molecule has 1 N–H and O–H groups in total. The number of ether oxygens (including phenoxy) is 1. The zero-order valence-electron chi connectivity index (χ0n) is 11.5. The number of nitrogens with one attached hydrogen (secondary N) is 1. The van der Waals surface area contributed by atoms with Gasteiger partial charge in [0.1, 0.15) is 0 Å². The summed E-state index contributed by atoms with van der Waals surface area (Å²) in [5, 5.41) is 3.61. The van der Waals surface area contributed by atoms with Crippen molar-refractivity contribution in [3.05, 3.63) is 0 Å². The van der Waals surface area contributed by atoms with Crippen molar-refractivity contribution < 1.29 is 4.74 Å². The van der Waals surface area contributed by atoms with Gasteiger partial charge in [-0.2, -0.15) is 0 Å². The first-order chi connectivity index (χ1) is 8.31. The quantitative estimate of drug-likeness (QED) is 0.688. The molecule has 3 heteroatoms. The molecule has 2 atom stereocenters. The summed E-state index contributed by atoms with van der Waals surface area (Å²) in [6, 6.07) is 1.42. The SMILES string of the molecule is CCCCOCCN1CC(C)NCC1C1CC1. The Morgan fingerprint density at radius 3 is 2.82 bits per heavy atom. The number of hydrogen-bond acceptors (Lipinski definition) is 3. The van der Waals surface area contributed by atoms with E-state index in [1.54, 1.807) is 0 Å². The van der Waals surface area contributed by atoms with Gasteiger partial charge in [0.2, 0.25) is 0 Å². The topological polar surface area (TPSA) is 24.5 Å². The molecular formula is C14H28N2O. The van der Waals surface area contributed by atoms with E-state index in [9.17, 15) is 0 Å². The summed E-state index contributed by atoms with van der Waals surface area (Å²) >= 11 is 0. The van der Waals surface area contributed by atoms with Crippen LogP contribution in [0.1, 0.15) is 39.5 Å². The number of hydrogen-bond donors (Lipinski definition) is 1. The third-order valence-corrected chi connectivity index (χ3v) is 3.98.